The predicted molar refractivity (Wildman–Crippen MR) is 227 cm³/mol. The maximum atomic E-state index is 12.1. The highest BCUT2D eigenvalue weighted by Gasteiger charge is 2.28. The molecular weight excluding hydrogens is 675 g/mol. The lowest BCUT2D eigenvalue weighted by Gasteiger charge is -2.27. The van der Waals surface area contributed by atoms with Gasteiger partial charge in [0.1, 0.15) is 22.7 Å². The van der Waals surface area contributed by atoms with Crippen LogP contribution in [0.5, 0.6) is 5.75 Å². The Hall–Kier alpha value is -6.46. The number of aromatic hydroxyl groups is 1. The minimum Gasteiger partial charge on any atom is -0.507 e. The van der Waals surface area contributed by atoms with Gasteiger partial charge in [-0.3, -0.25) is 9.55 Å². The summed E-state index contributed by atoms with van der Waals surface area (Å²) in [7, 11) is 0. The average molecular weight is 718 g/mol. The molecule has 6 aromatic carbocycles. The van der Waals surface area contributed by atoms with Crippen LogP contribution in [-0.4, -0.2) is 19.6 Å². The summed E-state index contributed by atoms with van der Waals surface area (Å²) in [5.41, 5.74) is 12.7. The van der Waals surface area contributed by atoms with E-state index in [1.807, 2.05) is 54.7 Å². The second-order valence-electron chi connectivity index (χ2n) is 16.5. The van der Waals surface area contributed by atoms with Gasteiger partial charge in [0.2, 0.25) is 0 Å². The second kappa shape index (κ2) is 12.8. The zero-order valence-corrected chi connectivity index (χ0v) is 32.1. The molecule has 0 atom stereocenters. The monoisotopic (exact) mass is 717 g/mol. The Morgan fingerprint density at radius 3 is 2.00 bits per heavy atom. The molecule has 0 aliphatic rings. The number of pyridine rings is 1. The van der Waals surface area contributed by atoms with Crippen LogP contribution >= 0.6 is 0 Å². The molecule has 5 nitrogen and oxygen atoms in total. The number of phenolic OH excluding ortho intramolecular Hbond substituents is 1. The number of hydrogen-bond donors (Lipinski definition) is 1. The van der Waals surface area contributed by atoms with Crippen LogP contribution in [0.25, 0.3) is 83.6 Å². The predicted octanol–water partition coefficient (Wildman–Crippen LogP) is 13.3. The standard InChI is InChI=1S/C50H43N3O2/c1-49(2,3)35-27-39(47(54)41(28-35)50(4,5)6)48-52-46-37(21-15-22-43(46)53(48)36-18-11-8-12-19-36)33-24-32(31-16-9-7-10-17-31)25-34(26-33)42-29-45-40(30-51-42)38-20-13-14-23-44(38)55-45/h7-30,54H,1-6H3. The topological polar surface area (TPSA) is 64.1 Å². The van der Waals surface area contributed by atoms with Crippen molar-refractivity contribution < 1.29 is 9.52 Å². The van der Waals surface area contributed by atoms with Crippen molar-refractivity contribution in [1.29, 1.82) is 0 Å². The van der Waals surface area contributed by atoms with Crippen molar-refractivity contribution >= 4 is 33.0 Å². The van der Waals surface area contributed by atoms with Gasteiger partial charge in [0.25, 0.3) is 0 Å². The molecule has 0 aliphatic carbocycles. The maximum Gasteiger partial charge on any atom is 0.149 e. The minimum atomic E-state index is -0.289. The Labute approximate surface area is 321 Å². The third-order valence-electron chi connectivity index (χ3n) is 10.6. The van der Waals surface area contributed by atoms with Gasteiger partial charge in [-0.1, -0.05) is 126 Å². The molecule has 0 saturated carbocycles. The Bertz CT molecular complexity index is 2890. The van der Waals surface area contributed by atoms with Crippen molar-refractivity contribution in [3.05, 3.63) is 157 Å². The third-order valence-corrected chi connectivity index (χ3v) is 10.6. The summed E-state index contributed by atoms with van der Waals surface area (Å²) in [6.45, 7) is 13.1. The van der Waals surface area contributed by atoms with E-state index in [1.54, 1.807) is 0 Å². The summed E-state index contributed by atoms with van der Waals surface area (Å²) in [4.78, 5) is 10.5. The number of furan rings is 1. The molecule has 0 saturated heterocycles. The molecule has 0 amide bonds. The van der Waals surface area contributed by atoms with Crippen molar-refractivity contribution in [3.63, 3.8) is 0 Å². The minimum absolute atomic E-state index is 0.148. The van der Waals surface area contributed by atoms with Crippen molar-refractivity contribution in [2.24, 2.45) is 0 Å². The van der Waals surface area contributed by atoms with E-state index in [0.717, 1.165) is 83.3 Å². The van der Waals surface area contributed by atoms with Gasteiger partial charge in [-0.2, -0.15) is 0 Å². The smallest absolute Gasteiger partial charge is 0.149 e. The fourth-order valence-corrected chi connectivity index (χ4v) is 7.67. The fraction of sp³-hybridized carbons (Fsp3) is 0.160. The molecule has 55 heavy (non-hydrogen) atoms. The van der Waals surface area contributed by atoms with Gasteiger partial charge >= 0.3 is 0 Å². The summed E-state index contributed by atoms with van der Waals surface area (Å²) in [6, 6.07) is 48.2. The highest BCUT2D eigenvalue weighted by atomic mass is 16.3. The van der Waals surface area contributed by atoms with Crippen LogP contribution in [0.2, 0.25) is 0 Å². The molecule has 1 N–H and O–H groups in total. The SMILES string of the molecule is CC(C)(C)c1cc(-c2nc3c(-c4cc(-c5ccccc5)cc(-c5cc6oc7ccccc7c6cn5)c4)cccc3n2-c2ccccc2)c(O)c(C(C)(C)C)c1. The zero-order valence-electron chi connectivity index (χ0n) is 32.1. The largest absolute Gasteiger partial charge is 0.507 e. The fourth-order valence-electron chi connectivity index (χ4n) is 7.67. The molecule has 5 heteroatoms. The third kappa shape index (κ3) is 6.06. The van der Waals surface area contributed by atoms with E-state index < -0.39 is 0 Å². The molecule has 0 spiro atoms. The van der Waals surface area contributed by atoms with E-state index in [0.29, 0.717) is 11.4 Å². The number of rotatable bonds is 5. The average Bonchev–Trinajstić information content (AvgIpc) is 3.76. The van der Waals surface area contributed by atoms with Gasteiger partial charge in [0.15, 0.2) is 0 Å². The molecule has 0 aliphatic heterocycles. The van der Waals surface area contributed by atoms with Gasteiger partial charge < -0.3 is 9.52 Å². The van der Waals surface area contributed by atoms with Crippen LogP contribution in [0.15, 0.2) is 150 Å². The second-order valence-corrected chi connectivity index (χ2v) is 16.5. The number of nitrogens with zero attached hydrogens (tertiary/aromatic N) is 3. The number of fused-ring (bicyclic) bond motifs is 4. The molecular formula is C50H43N3O2. The first-order valence-corrected chi connectivity index (χ1v) is 18.9. The van der Waals surface area contributed by atoms with E-state index in [-0.39, 0.29) is 16.6 Å². The van der Waals surface area contributed by atoms with Crippen molar-refractivity contribution in [3.8, 4) is 56.3 Å². The van der Waals surface area contributed by atoms with E-state index in [4.69, 9.17) is 14.4 Å². The highest BCUT2D eigenvalue weighted by Crippen LogP contribution is 2.45. The van der Waals surface area contributed by atoms with Crippen LogP contribution in [0, 0.1) is 0 Å². The number of imidazole rings is 1. The van der Waals surface area contributed by atoms with Crippen LogP contribution in [0.1, 0.15) is 52.7 Å². The first-order chi connectivity index (χ1) is 26.4. The van der Waals surface area contributed by atoms with Gasteiger partial charge in [-0.25, -0.2) is 4.98 Å². The maximum absolute atomic E-state index is 12.1. The number of benzene rings is 6. The number of phenols is 1. The molecule has 3 aromatic heterocycles. The molecule has 0 radical (unpaired) electrons. The summed E-state index contributed by atoms with van der Waals surface area (Å²) < 4.78 is 8.48. The van der Waals surface area contributed by atoms with Crippen molar-refractivity contribution in [2.75, 3.05) is 0 Å². The number of aromatic nitrogens is 3. The molecule has 270 valence electrons. The quantitative estimate of drug-likeness (QED) is 0.192. The lowest BCUT2D eigenvalue weighted by Crippen LogP contribution is -2.17. The van der Waals surface area contributed by atoms with Crippen LogP contribution < -0.4 is 0 Å². The van der Waals surface area contributed by atoms with Crippen LogP contribution in [0.3, 0.4) is 0 Å². The van der Waals surface area contributed by atoms with Crippen LogP contribution in [-0.2, 0) is 10.8 Å². The molecule has 0 fully saturated rings. The lowest BCUT2D eigenvalue weighted by molar-refractivity contribution is 0.446. The van der Waals surface area contributed by atoms with Crippen molar-refractivity contribution in [1.82, 2.24) is 14.5 Å². The number of para-hydroxylation sites is 3. The Kier molecular flexibility index (Phi) is 8.01. The van der Waals surface area contributed by atoms with E-state index in [1.165, 1.54) is 0 Å². The summed E-state index contributed by atoms with van der Waals surface area (Å²) >= 11 is 0. The molecule has 9 rings (SSSR count). The molecule has 0 unspecified atom stereocenters. The van der Waals surface area contributed by atoms with Gasteiger partial charge in [-0.15, -0.1) is 0 Å². The zero-order chi connectivity index (χ0) is 38.1. The van der Waals surface area contributed by atoms with Crippen LogP contribution in [0.4, 0.5) is 0 Å². The lowest BCUT2D eigenvalue weighted by atomic mass is 9.79. The summed E-state index contributed by atoms with van der Waals surface area (Å²) in [5, 5.41) is 14.2. The van der Waals surface area contributed by atoms with Crippen molar-refractivity contribution in [2.45, 2.75) is 52.4 Å². The van der Waals surface area contributed by atoms with E-state index in [2.05, 4.69) is 137 Å². The number of hydrogen-bond acceptors (Lipinski definition) is 4. The van der Waals surface area contributed by atoms with E-state index >= 15 is 0 Å². The Morgan fingerprint density at radius 2 is 1.25 bits per heavy atom. The first kappa shape index (κ1) is 34.3. The molecule has 0 bridgehead atoms. The summed E-state index contributed by atoms with van der Waals surface area (Å²) in [6.07, 6.45) is 1.92. The molecule has 9 aromatic rings. The van der Waals surface area contributed by atoms with Gasteiger partial charge in [0.05, 0.1) is 22.3 Å². The van der Waals surface area contributed by atoms with Gasteiger partial charge in [0, 0.05) is 45.4 Å². The Morgan fingerprint density at radius 1 is 0.564 bits per heavy atom. The Balaban J connectivity index is 1.31. The molecule has 3 heterocycles. The summed E-state index contributed by atoms with van der Waals surface area (Å²) in [5.74, 6) is 0.953. The first-order valence-electron chi connectivity index (χ1n) is 18.9. The van der Waals surface area contributed by atoms with E-state index in [9.17, 15) is 5.11 Å². The van der Waals surface area contributed by atoms with Gasteiger partial charge in [-0.05, 0) is 81.6 Å². The highest BCUT2D eigenvalue weighted by molar-refractivity contribution is 6.05. The normalized spacial score (nSPS) is 12.3.